The van der Waals surface area contributed by atoms with Crippen LogP contribution in [0.1, 0.15) is 21.5 Å². The third-order valence-electron chi connectivity index (χ3n) is 3.67. The molecule has 0 aliphatic heterocycles. The molecule has 3 aromatic rings. The molecule has 3 rings (SSSR count). The Morgan fingerprint density at radius 3 is 2.75 bits per heavy atom. The summed E-state index contributed by atoms with van der Waals surface area (Å²) in [5.74, 6) is 0.00807. The molecule has 0 bridgehead atoms. The number of ether oxygens (including phenoxy) is 2. The fraction of sp³-hybridized carbons (Fsp3) is 0.158. The number of rotatable bonds is 4. The lowest BCUT2D eigenvalue weighted by atomic mass is 10.1. The summed E-state index contributed by atoms with van der Waals surface area (Å²) in [6, 6.07) is 14.9. The monoisotopic (exact) mass is 341 g/mol. The highest BCUT2D eigenvalue weighted by molar-refractivity contribution is 6.30. The van der Waals surface area contributed by atoms with Crippen molar-refractivity contribution in [3.8, 4) is 5.75 Å². The van der Waals surface area contributed by atoms with E-state index in [9.17, 15) is 4.79 Å². The van der Waals surface area contributed by atoms with E-state index in [1.54, 1.807) is 24.3 Å². The Kier molecular flexibility index (Phi) is 4.67. The van der Waals surface area contributed by atoms with Gasteiger partial charge >= 0.3 is 5.97 Å². The highest BCUT2D eigenvalue weighted by Gasteiger charge is 2.13. The van der Waals surface area contributed by atoms with Crippen molar-refractivity contribution >= 4 is 28.5 Å². The molecule has 0 aliphatic rings. The Bertz CT molecular complexity index is 908. The fourth-order valence-electron chi connectivity index (χ4n) is 2.44. The fourth-order valence-corrected chi connectivity index (χ4v) is 2.64. The number of carbonyl (C=O) groups excluding carboxylic acids is 1. The molecule has 5 heteroatoms. The predicted octanol–water partition coefficient (Wildman–Crippen LogP) is 4.56. The minimum atomic E-state index is -0.441. The summed E-state index contributed by atoms with van der Waals surface area (Å²) in [6.07, 6.45) is 0. The number of carbonyl (C=O) groups is 1. The van der Waals surface area contributed by atoms with Gasteiger partial charge in [0.15, 0.2) is 0 Å². The molecule has 1 heterocycles. The van der Waals surface area contributed by atoms with Crippen molar-refractivity contribution in [3.63, 3.8) is 0 Å². The number of aromatic nitrogens is 1. The van der Waals surface area contributed by atoms with Crippen LogP contribution in [0.15, 0.2) is 48.5 Å². The van der Waals surface area contributed by atoms with E-state index in [1.807, 2.05) is 31.2 Å². The topological polar surface area (TPSA) is 48.4 Å². The molecule has 0 spiro atoms. The van der Waals surface area contributed by atoms with Gasteiger partial charge in [-0.2, -0.15) is 0 Å². The molecule has 24 heavy (non-hydrogen) atoms. The SMILES string of the molecule is COC(=O)c1ccccc1OCc1cc2cc(C)ccc2nc1Cl. The van der Waals surface area contributed by atoms with Gasteiger partial charge in [-0.05, 0) is 37.3 Å². The van der Waals surface area contributed by atoms with Gasteiger partial charge in [0.05, 0.1) is 12.6 Å². The standard InChI is InChI=1S/C19H16ClNO3/c1-12-7-8-16-13(9-12)10-14(18(20)21-16)11-24-17-6-4-3-5-15(17)19(22)23-2/h3-10H,11H2,1-2H3. The van der Waals surface area contributed by atoms with Crippen molar-refractivity contribution in [2.24, 2.45) is 0 Å². The lowest BCUT2D eigenvalue weighted by Crippen LogP contribution is -2.06. The summed E-state index contributed by atoms with van der Waals surface area (Å²) in [5, 5.41) is 1.39. The van der Waals surface area contributed by atoms with E-state index in [-0.39, 0.29) is 6.61 Å². The lowest BCUT2D eigenvalue weighted by Gasteiger charge is -2.11. The summed E-state index contributed by atoms with van der Waals surface area (Å²) < 4.78 is 10.5. The molecule has 0 saturated carbocycles. The van der Waals surface area contributed by atoms with Crippen LogP contribution in [0.5, 0.6) is 5.75 Å². The number of esters is 1. The smallest absolute Gasteiger partial charge is 0.341 e. The Hall–Kier alpha value is -2.59. The van der Waals surface area contributed by atoms with E-state index in [4.69, 9.17) is 21.1 Å². The van der Waals surface area contributed by atoms with Gasteiger partial charge < -0.3 is 9.47 Å². The molecule has 0 amide bonds. The van der Waals surface area contributed by atoms with E-state index in [0.29, 0.717) is 16.5 Å². The first-order valence-corrected chi connectivity index (χ1v) is 7.82. The van der Waals surface area contributed by atoms with Gasteiger partial charge in [-0.3, -0.25) is 0 Å². The third kappa shape index (κ3) is 3.34. The first-order chi connectivity index (χ1) is 11.6. The maximum absolute atomic E-state index is 11.8. The summed E-state index contributed by atoms with van der Waals surface area (Å²) in [5.41, 5.74) is 3.12. The Labute approximate surface area is 145 Å². The molecular weight excluding hydrogens is 326 g/mol. The molecule has 2 aromatic carbocycles. The van der Waals surface area contributed by atoms with Gasteiger partial charge in [0.25, 0.3) is 0 Å². The summed E-state index contributed by atoms with van der Waals surface area (Å²) in [6.45, 7) is 2.24. The minimum Gasteiger partial charge on any atom is -0.488 e. The summed E-state index contributed by atoms with van der Waals surface area (Å²) >= 11 is 6.26. The quantitative estimate of drug-likeness (QED) is 0.515. The molecule has 122 valence electrons. The zero-order valence-corrected chi connectivity index (χ0v) is 14.1. The van der Waals surface area contributed by atoms with Crippen molar-refractivity contribution < 1.29 is 14.3 Å². The number of halogens is 1. The van der Waals surface area contributed by atoms with Crippen LogP contribution in [-0.4, -0.2) is 18.1 Å². The molecule has 0 saturated heterocycles. The zero-order valence-electron chi connectivity index (χ0n) is 13.4. The number of fused-ring (bicyclic) bond motifs is 1. The molecule has 0 N–H and O–H groups in total. The van der Waals surface area contributed by atoms with Crippen LogP contribution in [0, 0.1) is 6.92 Å². The lowest BCUT2D eigenvalue weighted by molar-refractivity contribution is 0.0595. The Balaban J connectivity index is 1.88. The van der Waals surface area contributed by atoms with E-state index >= 15 is 0 Å². The van der Waals surface area contributed by atoms with Crippen LogP contribution >= 0.6 is 11.6 Å². The highest BCUT2D eigenvalue weighted by Crippen LogP contribution is 2.25. The van der Waals surface area contributed by atoms with Crippen LogP contribution in [0.25, 0.3) is 10.9 Å². The van der Waals surface area contributed by atoms with Crippen molar-refractivity contribution in [1.82, 2.24) is 4.98 Å². The summed E-state index contributed by atoms with van der Waals surface area (Å²) in [7, 11) is 1.34. The average molecular weight is 342 g/mol. The molecule has 4 nitrogen and oxygen atoms in total. The van der Waals surface area contributed by atoms with Gasteiger partial charge in [0.2, 0.25) is 0 Å². The van der Waals surface area contributed by atoms with E-state index < -0.39 is 5.97 Å². The van der Waals surface area contributed by atoms with Crippen molar-refractivity contribution in [2.45, 2.75) is 13.5 Å². The van der Waals surface area contributed by atoms with Gasteiger partial charge in [0.1, 0.15) is 23.1 Å². The number of hydrogen-bond acceptors (Lipinski definition) is 4. The van der Waals surface area contributed by atoms with Gasteiger partial charge in [0, 0.05) is 10.9 Å². The van der Waals surface area contributed by atoms with Gasteiger partial charge in [-0.1, -0.05) is 35.4 Å². The number of nitrogens with zero attached hydrogens (tertiary/aromatic N) is 1. The Morgan fingerprint density at radius 2 is 1.96 bits per heavy atom. The maximum atomic E-state index is 11.8. The number of pyridine rings is 1. The van der Waals surface area contributed by atoms with Crippen LogP contribution in [0.4, 0.5) is 0 Å². The number of hydrogen-bond donors (Lipinski definition) is 0. The van der Waals surface area contributed by atoms with Crippen molar-refractivity contribution in [2.75, 3.05) is 7.11 Å². The largest absolute Gasteiger partial charge is 0.488 e. The predicted molar refractivity (Wildman–Crippen MR) is 93.6 cm³/mol. The molecule has 0 aliphatic carbocycles. The zero-order chi connectivity index (χ0) is 17.1. The first-order valence-electron chi connectivity index (χ1n) is 7.44. The molecule has 1 aromatic heterocycles. The van der Waals surface area contributed by atoms with Crippen LogP contribution in [0.3, 0.4) is 0 Å². The van der Waals surface area contributed by atoms with Crippen LogP contribution < -0.4 is 4.74 Å². The second-order valence-corrected chi connectivity index (χ2v) is 5.77. The Morgan fingerprint density at radius 1 is 1.17 bits per heavy atom. The van der Waals surface area contributed by atoms with E-state index in [2.05, 4.69) is 4.98 Å². The summed E-state index contributed by atoms with van der Waals surface area (Å²) in [4.78, 5) is 16.2. The molecule has 0 radical (unpaired) electrons. The van der Waals surface area contributed by atoms with Crippen LogP contribution in [-0.2, 0) is 11.3 Å². The van der Waals surface area contributed by atoms with E-state index in [1.165, 1.54) is 7.11 Å². The normalized spacial score (nSPS) is 10.6. The molecule has 0 fully saturated rings. The van der Waals surface area contributed by atoms with Crippen molar-refractivity contribution in [3.05, 3.63) is 70.4 Å². The average Bonchev–Trinajstić information content (AvgIpc) is 2.60. The van der Waals surface area contributed by atoms with Gasteiger partial charge in [-0.15, -0.1) is 0 Å². The van der Waals surface area contributed by atoms with Crippen LogP contribution in [0.2, 0.25) is 5.15 Å². The first kappa shape index (κ1) is 16.3. The third-order valence-corrected chi connectivity index (χ3v) is 4.00. The van der Waals surface area contributed by atoms with Crippen molar-refractivity contribution in [1.29, 1.82) is 0 Å². The minimum absolute atomic E-state index is 0.212. The van der Waals surface area contributed by atoms with Gasteiger partial charge in [-0.25, -0.2) is 9.78 Å². The number of benzene rings is 2. The molecule has 0 atom stereocenters. The number of aryl methyl sites for hydroxylation is 1. The number of para-hydroxylation sites is 1. The second kappa shape index (κ2) is 6.89. The highest BCUT2D eigenvalue weighted by atomic mass is 35.5. The molecule has 0 unspecified atom stereocenters. The molecular formula is C19H16ClNO3. The number of methoxy groups -OCH3 is 1. The second-order valence-electron chi connectivity index (χ2n) is 5.41. The maximum Gasteiger partial charge on any atom is 0.341 e. The van der Waals surface area contributed by atoms with E-state index in [0.717, 1.165) is 22.0 Å².